The normalized spacial score (nSPS) is 32.5. The molecule has 2 saturated heterocycles. The fourth-order valence-corrected chi connectivity index (χ4v) is 2.03. The van der Waals surface area contributed by atoms with Gasteiger partial charge in [-0.3, -0.25) is 0 Å². The lowest BCUT2D eigenvalue weighted by Crippen LogP contribution is -2.47. The maximum absolute atomic E-state index is 11.7. The highest BCUT2D eigenvalue weighted by atomic mass is 16.2. The number of carbonyl (C=O) groups is 1. The Morgan fingerprint density at radius 3 is 3.08 bits per heavy atom. The van der Waals surface area contributed by atoms with Crippen LogP contribution >= 0.6 is 0 Å². The lowest BCUT2D eigenvalue weighted by atomic mass is 10.1. The van der Waals surface area contributed by atoms with Crippen LogP contribution in [0.1, 0.15) is 12.8 Å². The summed E-state index contributed by atoms with van der Waals surface area (Å²) in [6.07, 6.45) is 2.08. The third-order valence-corrected chi connectivity index (χ3v) is 2.88. The average Bonchev–Trinajstić information content (AvgIpc) is 2.48. The van der Waals surface area contributed by atoms with E-state index in [1.54, 1.807) is 10.2 Å². The lowest BCUT2D eigenvalue weighted by molar-refractivity contribution is 0.172. The van der Waals surface area contributed by atoms with E-state index in [4.69, 9.17) is 1.41 Å². The van der Waals surface area contributed by atoms with Crippen LogP contribution in [-0.4, -0.2) is 55.1 Å². The van der Waals surface area contributed by atoms with Crippen molar-refractivity contribution in [3.05, 3.63) is 0 Å². The quantitative estimate of drug-likeness (QED) is 0.627. The van der Waals surface area contributed by atoms with E-state index in [-0.39, 0.29) is 12.1 Å². The zero-order valence-corrected chi connectivity index (χ0v) is 8.07. The summed E-state index contributed by atoms with van der Waals surface area (Å²) < 4.78 is 7.56. The van der Waals surface area contributed by atoms with Gasteiger partial charge in [0, 0.05) is 32.7 Å². The van der Waals surface area contributed by atoms with Crippen molar-refractivity contribution in [3.8, 4) is 0 Å². The van der Waals surface area contributed by atoms with Crippen LogP contribution in [0.5, 0.6) is 0 Å². The second-order valence-corrected chi connectivity index (χ2v) is 3.82. The van der Waals surface area contributed by atoms with Crippen LogP contribution in [0.3, 0.4) is 0 Å². The van der Waals surface area contributed by atoms with Gasteiger partial charge < -0.3 is 15.1 Å². The van der Waals surface area contributed by atoms with Crippen molar-refractivity contribution in [2.75, 3.05) is 33.2 Å². The SMILES string of the molecule is [2H]N1CCC[C@@H](N2CCN(C)C2=O)C1. The Balaban J connectivity index is 1.97. The summed E-state index contributed by atoms with van der Waals surface area (Å²) in [6, 6.07) is 0.393. The largest absolute Gasteiger partial charge is 0.326 e. The molecule has 74 valence electrons. The molecule has 0 bridgehead atoms. The number of nitrogens with zero attached hydrogens (tertiary/aromatic N) is 2. The molecule has 2 amide bonds. The molecule has 0 aromatic carbocycles. The summed E-state index contributed by atoms with van der Waals surface area (Å²) in [6.45, 7) is 3.20. The van der Waals surface area contributed by atoms with E-state index in [9.17, 15) is 4.79 Å². The van der Waals surface area contributed by atoms with Crippen molar-refractivity contribution in [1.82, 2.24) is 15.1 Å². The first-order valence-corrected chi connectivity index (χ1v) is 4.94. The Hall–Kier alpha value is -0.770. The Morgan fingerprint density at radius 1 is 1.62 bits per heavy atom. The van der Waals surface area contributed by atoms with Crippen LogP contribution in [0, 0.1) is 0 Å². The molecule has 13 heavy (non-hydrogen) atoms. The molecule has 0 aliphatic carbocycles. The van der Waals surface area contributed by atoms with Crippen molar-refractivity contribution in [2.24, 2.45) is 0 Å². The van der Waals surface area contributed by atoms with Crippen LogP contribution in [0.15, 0.2) is 0 Å². The van der Waals surface area contributed by atoms with Gasteiger partial charge in [-0.2, -0.15) is 0 Å². The van der Waals surface area contributed by atoms with Crippen molar-refractivity contribution in [3.63, 3.8) is 0 Å². The van der Waals surface area contributed by atoms with Crippen molar-refractivity contribution >= 4 is 6.03 Å². The Bertz CT molecular complexity index is 236. The monoisotopic (exact) mass is 184 g/mol. The number of nitrogens with one attached hydrogen (secondary N) is 1. The molecule has 0 aromatic rings. The average molecular weight is 184 g/mol. The van der Waals surface area contributed by atoms with Crippen LogP contribution in [-0.2, 0) is 0 Å². The summed E-state index contributed by atoms with van der Waals surface area (Å²) in [5.41, 5.74) is 0. The fourth-order valence-electron chi connectivity index (χ4n) is 2.03. The predicted octanol–water partition coefficient (Wildman–Crippen LogP) is 0.106. The zero-order chi connectivity index (χ0) is 10.1. The maximum Gasteiger partial charge on any atom is 0.320 e. The van der Waals surface area contributed by atoms with Crippen LogP contribution in [0.2, 0.25) is 1.41 Å². The number of hydrogen-bond acceptors (Lipinski definition) is 2. The summed E-state index contributed by atoms with van der Waals surface area (Å²) >= 11 is 0. The predicted molar refractivity (Wildman–Crippen MR) is 50.6 cm³/mol. The van der Waals surface area contributed by atoms with Crippen molar-refractivity contribution in [1.29, 1.82) is 0 Å². The summed E-state index contributed by atoms with van der Waals surface area (Å²) in [7, 11) is 1.84. The zero-order valence-electron chi connectivity index (χ0n) is 9.07. The number of likely N-dealkylation sites (N-methyl/N-ethyl adjacent to an activating group) is 1. The summed E-state index contributed by atoms with van der Waals surface area (Å²) in [4.78, 5) is 15.4. The van der Waals surface area contributed by atoms with E-state index in [0.29, 0.717) is 6.54 Å². The molecule has 0 unspecified atom stereocenters. The number of piperidine rings is 1. The van der Waals surface area contributed by atoms with Gasteiger partial charge >= 0.3 is 6.03 Å². The molecule has 4 heteroatoms. The molecule has 0 aromatic heterocycles. The van der Waals surface area contributed by atoms with Gasteiger partial charge in [0.15, 0.2) is 0 Å². The molecule has 0 radical (unpaired) electrons. The minimum atomic E-state index is 0.130. The second kappa shape index (κ2) is 3.54. The molecule has 2 fully saturated rings. The maximum atomic E-state index is 11.7. The molecule has 0 saturated carbocycles. The van der Waals surface area contributed by atoms with Crippen molar-refractivity contribution < 1.29 is 6.21 Å². The molecule has 0 spiro atoms. The molecular formula is C9H17N3O. The van der Waals surface area contributed by atoms with Gasteiger partial charge in [-0.15, -0.1) is 0 Å². The van der Waals surface area contributed by atoms with Gasteiger partial charge in [0.1, 0.15) is 1.41 Å². The smallest absolute Gasteiger partial charge is 0.320 e. The number of carbonyl (C=O) groups excluding carboxylic acids is 1. The minimum Gasteiger partial charge on any atom is -0.326 e. The number of urea groups is 1. The first-order chi connectivity index (χ1) is 6.68. The van der Waals surface area contributed by atoms with Gasteiger partial charge in [-0.05, 0) is 19.4 Å². The molecule has 2 aliphatic heterocycles. The lowest BCUT2D eigenvalue weighted by Gasteiger charge is -2.30. The first kappa shape index (κ1) is 7.62. The third-order valence-electron chi connectivity index (χ3n) is 2.88. The minimum absolute atomic E-state index is 0.130. The highest BCUT2D eigenvalue weighted by Crippen LogP contribution is 2.15. The summed E-state index contributed by atoms with van der Waals surface area (Å²) in [5, 5.41) is 1.57. The second-order valence-electron chi connectivity index (χ2n) is 3.82. The molecule has 4 nitrogen and oxygen atoms in total. The highest BCUT2D eigenvalue weighted by Gasteiger charge is 2.31. The van der Waals surface area contributed by atoms with Crippen LogP contribution < -0.4 is 5.31 Å². The molecule has 2 aliphatic rings. The highest BCUT2D eigenvalue weighted by molar-refractivity contribution is 5.76. The number of hydrogen-bond donors (Lipinski definition) is 1. The van der Waals surface area contributed by atoms with Crippen LogP contribution in [0.25, 0.3) is 0 Å². The summed E-state index contributed by atoms with van der Waals surface area (Å²) in [5.74, 6) is 0. The van der Waals surface area contributed by atoms with E-state index in [0.717, 1.165) is 32.5 Å². The van der Waals surface area contributed by atoms with E-state index in [1.165, 1.54) is 0 Å². The van der Waals surface area contributed by atoms with E-state index < -0.39 is 0 Å². The van der Waals surface area contributed by atoms with Gasteiger partial charge in [0.2, 0.25) is 0 Å². The Morgan fingerprint density at radius 2 is 2.46 bits per heavy atom. The first-order valence-electron chi connectivity index (χ1n) is 5.39. The molecule has 2 rings (SSSR count). The molecule has 1 N–H and O–H groups in total. The van der Waals surface area contributed by atoms with Gasteiger partial charge in [0.05, 0.1) is 0 Å². The van der Waals surface area contributed by atoms with Gasteiger partial charge in [0.25, 0.3) is 0 Å². The van der Waals surface area contributed by atoms with Crippen molar-refractivity contribution in [2.45, 2.75) is 18.9 Å². The Kier molecular flexibility index (Phi) is 2.07. The van der Waals surface area contributed by atoms with Gasteiger partial charge in [-0.1, -0.05) is 0 Å². The van der Waals surface area contributed by atoms with Gasteiger partial charge in [-0.25, -0.2) is 4.79 Å². The standard InChI is InChI=1S/C9H17N3O/c1-11-5-6-12(9(11)13)8-3-2-4-10-7-8/h8,10H,2-7H2,1H3/t8-/m1/s1/i/hD. The molecular weight excluding hydrogens is 166 g/mol. The Labute approximate surface area is 80.3 Å². The fraction of sp³-hybridized carbons (Fsp3) is 0.889. The van der Waals surface area contributed by atoms with Crippen LogP contribution in [0.4, 0.5) is 4.79 Å². The number of amides is 2. The van der Waals surface area contributed by atoms with E-state index >= 15 is 0 Å². The number of rotatable bonds is 1. The topological polar surface area (TPSA) is 35.6 Å². The molecule has 1 atom stereocenters. The van der Waals surface area contributed by atoms with E-state index in [1.807, 2.05) is 11.9 Å². The van der Waals surface area contributed by atoms with E-state index in [2.05, 4.69) is 0 Å². The molecule has 2 heterocycles. The third kappa shape index (κ3) is 1.63.